The average Bonchev–Trinajstić information content (AvgIpc) is 3.17. The van der Waals surface area contributed by atoms with Gasteiger partial charge in [0.25, 0.3) is 0 Å². The molecular weight excluding hydrogens is 270 g/mol. The van der Waals surface area contributed by atoms with Gasteiger partial charge in [0.1, 0.15) is 0 Å². The van der Waals surface area contributed by atoms with E-state index >= 15 is 0 Å². The van der Waals surface area contributed by atoms with Crippen LogP contribution in [0.15, 0.2) is 12.3 Å². The summed E-state index contributed by atoms with van der Waals surface area (Å²) < 4.78 is 7.25. The SMILES string of the molecule is O=C(O)c1ccn(C2CCCN(CCC3CCOC3)C2)n1. The van der Waals surface area contributed by atoms with Gasteiger partial charge in [-0.2, -0.15) is 5.10 Å². The molecule has 0 aliphatic carbocycles. The molecule has 6 heteroatoms. The second-order valence-electron chi connectivity index (χ2n) is 6.10. The smallest absolute Gasteiger partial charge is 0.356 e. The van der Waals surface area contributed by atoms with Gasteiger partial charge >= 0.3 is 5.97 Å². The zero-order valence-corrected chi connectivity index (χ0v) is 12.3. The van der Waals surface area contributed by atoms with Crippen molar-refractivity contribution >= 4 is 5.97 Å². The highest BCUT2D eigenvalue weighted by Gasteiger charge is 2.24. The summed E-state index contributed by atoms with van der Waals surface area (Å²) in [6, 6.07) is 1.88. The van der Waals surface area contributed by atoms with Crippen molar-refractivity contribution in [3.63, 3.8) is 0 Å². The lowest BCUT2D eigenvalue weighted by Gasteiger charge is -2.33. The number of aromatic carboxylic acids is 1. The standard InChI is InChI=1S/C15H23N3O3/c19-15(20)14-4-8-18(16-14)13-2-1-6-17(10-13)7-3-12-5-9-21-11-12/h4,8,12-13H,1-3,5-7,9-11H2,(H,19,20). The van der Waals surface area contributed by atoms with Gasteiger partial charge in [0, 0.05) is 26.0 Å². The molecule has 3 heterocycles. The van der Waals surface area contributed by atoms with Crippen LogP contribution in [-0.2, 0) is 4.74 Å². The topological polar surface area (TPSA) is 67.6 Å². The highest BCUT2D eigenvalue weighted by Crippen LogP contribution is 2.23. The van der Waals surface area contributed by atoms with Gasteiger partial charge in [-0.1, -0.05) is 0 Å². The molecule has 2 fully saturated rings. The predicted molar refractivity (Wildman–Crippen MR) is 77.4 cm³/mol. The van der Waals surface area contributed by atoms with E-state index < -0.39 is 5.97 Å². The summed E-state index contributed by atoms with van der Waals surface area (Å²) >= 11 is 0. The summed E-state index contributed by atoms with van der Waals surface area (Å²) in [5, 5.41) is 13.1. The van der Waals surface area contributed by atoms with E-state index in [0.29, 0.717) is 12.0 Å². The van der Waals surface area contributed by atoms with Crippen molar-refractivity contribution in [2.75, 3.05) is 32.8 Å². The quantitative estimate of drug-likeness (QED) is 0.894. The number of aromatic nitrogens is 2. The van der Waals surface area contributed by atoms with Crippen LogP contribution in [0, 0.1) is 5.92 Å². The third-order valence-corrected chi connectivity index (χ3v) is 4.56. The zero-order chi connectivity index (χ0) is 14.7. The molecule has 21 heavy (non-hydrogen) atoms. The molecule has 2 saturated heterocycles. The third-order valence-electron chi connectivity index (χ3n) is 4.56. The Balaban J connectivity index is 1.53. The lowest BCUT2D eigenvalue weighted by molar-refractivity contribution is 0.0688. The fraction of sp³-hybridized carbons (Fsp3) is 0.733. The number of nitrogens with zero attached hydrogens (tertiary/aromatic N) is 3. The summed E-state index contributed by atoms with van der Waals surface area (Å²) in [4.78, 5) is 13.4. The summed E-state index contributed by atoms with van der Waals surface area (Å²) in [6.45, 7) is 5.04. The van der Waals surface area contributed by atoms with Crippen molar-refractivity contribution in [3.05, 3.63) is 18.0 Å². The van der Waals surface area contributed by atoms with Crippen LogP contribution in [0.3, 0.4) is 0 Å². The Kier molecular flexibility index (Phi) is 4.55. The van der Waals surface area contributed by atoms with Crippen molar-refractivity contribution in [2.45, 2.75) is 31.7 Å². The molecule has 6 nitrogen and oxygen atoms in total. The van der Waals surface area contributed by atoms with E-state index in [1.54, 1.807) is 12.3 Å². The van der Waals surface area contributed by atoms with Crippen molar-refractivity contribution in [2.24, 2.45) is 5.92 Å². The first-order chi connectivity index (χ1) is 10.2. The number of carboxylic acids is 1. The second-order valence-corrected chi connectivity index (χ2v) is 6.10. The van der Waals surface area contributed by atoms with E-state index in [4.69, 9.17) is 9.84 Å². The molecule has 3 rings (SSSR count). The van der Waals surface area contributed by atoms with Crippen molar-refractivity contribution in [3.8, 4) is 0 Å². The number of hydrogen-bond donors (Lipinski definition) is 1. The zero-order valence-electron chi connectivity index (χ0n) is 12.3. The van der Waals surface area contributed by atoms with Gasteiger partial charge in [-0.3, -0.25) is 4.68 Å². The highest BCUT2D eigenvalue weighted by atomic mass is 16.5. The van der Waals surface area contributed by atoms with Gasteiger partial charge in [0.05, 0.1) is 6.04 Å². The van der Waals surface area contributed by atoms with Crippen molar-refractivity contribution < 1.29 is 14.6 Å². The summed E-state index contributed by atoms with van der Waals surface area (Å²) in [7, 11) is 0. The molecule has 2 atom stereocenters. The predicted octanol–water partition coefficient (Wildman–Crippen LogP) is 1.64. The van der Waals surface area contributed by atoms with Crippen LogP contribution < -0.4 is 0 Å². The number of likely N-dealkylation sites (tertiary alicyclic amines) is 1. The van der Waals surface area contributed by atoms with Crippen LogP contribution in [0.4, 0.5) is 0 Å². The number of carbonyl (C=O) groups is 1. The molecule has 0 saturated carbocycles. The third kappa shape index (κ3) is 3.63. The molecule has 1 aromatic rings. The van der Waals surface area contributed by atoms with Crippen LogP contribution in [-0.4, -0.2) is 58.6 Å². The first-order valence-corrected chi connectivity index (χ1v) is 7.81. The van der Waals surface area contributed by atoms with Gasteiger partial charge in [-0.05, 0) is 50.8 Å². The maximum Gasteiger partial charge on any atom is 0.356 e. The maximum atomic E-state index is 10.9. The van der Waals surface area contributed by atoms with Gasteiger partial charge in [-0.25, -0.2) is 4.79 Å². The molecule has 0 aromatic carbocycles. The van der Waals surface area contributed by atoms with E-state index in [1.807, 2.05) is 4.68 Å². The second kappa shape index (κ2) is 6.58. The van der Waals surface area contributed by atoms with E-state index in [1.165, 1.54) is 12.8 Å². The summed E-state index contributed by atoms with van der Waals surface area (Å²) in [5.41, 5.74) is 0.134. The van der Waals surface area contributed by atoms with E-state index in [2.05, 4.69) is 10.00 Å². The molecule has 2 aliphatic rings. The Morgan fingerprint density at radius 3 is 3.10 bits per heavy atom. The largest absolute Gasteiger partial charge is 0.476 e. The maximum absolute atomic E-state index is 10.9. The van der Waals surface area contributed by atoms with Crippen LogP contribution >= 0.6 is 0 Å². The Morgan fingerprint density at radius 2 is 2.38 bits per heavy atom. The van der Waals surface area contributed by atoms with Gasteiger partial charge < -0.3 is 14.7 Å². The Morgan fingerprint density at radius 1 is 1.48 bits per heavy atom. The number of carboxylic acid groups (broad SMARTS) is 1. The van der Waals surface area contributed by atoms with E-state index in [9.17, 15) is 4.79 Å². The molecule has 0 spiro atoms. The molecule has 0 bridgehead atoms. The summed E-state index contributed by atoms with van der Waals surface area (Å²) in [5.74, 6) is -0.239. The highest BCUT2D eigenvalue weighted by molar-refractivity contribution is 5.85. The summed E-state index contributed by atoms with van der Waals surface area (Å²) in [6.07, 6.45) is 6.41. The fourth-order valence-corrected chi connectivity index (χ4v) is 3.28. The minimum absolute atomic E-state index is 0.134. The molecule has 2 unspecified atom stereocenters. The monoisotopic (exact) mass is 293 g/mol. The minimum atomic E-state index is -0.956. The molecule has 116 valence electrons. The Bertz CT molecular complexity index is 482. The van der Waals surface area contributed by atoms with Crippen LogP contribution in [0.5, 0.6) is 0 Å². The lowest BCUT2D eigenvalue weighted by Crippen LogP contribution is -2.38. The molecule has 1 N–H and O–H groups in total. The Hall–Kier alpha value is -1.40. The van der Waals surface area contributed by atoms with E-state index in [0.717, 1.165) is 45.7 Å². The van der Waals surface area contributed by atoms with Gasteiger partial charge in [-0.15, -0.1) is 0 Å². The number of piperidine rings is 1. The first kappa shape index (κ1) is 14.5. The number of ether oxygens (including phenoxy) is 1. The van der Waals surface area contributed by atoms with Crippen molar-refractivity contribution in [1.82, 2.24) is 14.7 Å². The average molecular weight is 293 g/mol. The van der Waals surface area contributed by atoms with Crippen LogP contribution in [0.25, 0.3) is 0 Å². The molecule has 0 amide bonds. The first-order valence-electron chi connectivity index (χ1n) is 7.81. The number of hydrogen-bond acceptors (Lipinski definition) is 4. The number of rotatable bonds is 5. The Labute approximate surface area is 124 Å². The van der Waals surface area contributed by atoms with Crippen molar-refractivity contribution in [1.29, 1.82) is 0 Å². The van der Waals surface area contributed by atoms with Crippen LogP contribution in [0.1, 0.15) is 42.2 Å². The molecule has 0 radical (unpaired) electrons. The van der Waals surface area contributed by atoms with Crippen LogP contribution in [0.2, 0.25) is 0 Å². The molecule has 2 aliphatic heterocycles. The van der Waals surface area contributed by atoms with Gasteiger partial charge in [0.15, 0.2) is 5.69 Å². The molecule has 1 aromatic heterocycles. The van der Waals surface area contributed by atoms with E-state index in [-0.39, 0.29) is 5.69 Å². The normalized spacial score (nSPS) is 27.0. The lowest BCUT2D eigenvalue weighted by atomic mass is 10.0. The molecular formula is C15H23N3O3. The fourth-order valence-electron chi connectivity index (χ4n) is 3.28. The minimum Gasteiger partial charge on any atom is -0.476 e. The van der Waals surface area contributed by atoms with Gasteiger partial charge in [0.2, 0.25) is 0 Å².